The van der Waals surface area contributed by atoms with Gasteiger partial charge in [-0.15, -0.1) is 0 Å². The highest BCUT2D eigenvalue weighted by atomic mass is 16.5. The average Bonchev–Trinajstić information content (AvgIpc) is 2.28. The van der Waals surface area contributed by atoms with E-state index in [4.69, 9.17) is 4.74 Å². The van der Waals surface area contributed by atoms with Gasteiger partial charge >= 0.3 is 5.97 Å². The number of likely N-dealkylation sites (N-methyl/N-ethyl adjacent to an activating group) is 1. The van der Waals surface area contributed by atoms with Crippen molar-refractivity contribution in [2.24, 2.45) is 0 Å². The maximum absolute atomic E-state index is 11.3. The monoisotopic (exact) mass is 208 g/mol. The number of aromatic nitrogens is 1. The molecule has 0 fully saturated rings. The molecular weight excluding hydrogens is 196 g/mol. The van der Waals surface area contributed by atoms with E-state index in [2.05, 4.69) is 9.72 Å². The molecule has 5 nitrogen and oxygen atoms in total. The summed E-state index contributed by atoms with van der Waals surface area (Å²) >= 11 is 0. The minimum atomic E-state index is -0.434. The molecule has 1 aromatic rings. The number of hydrogen-bond donors (Lipinski definition) is 0. The van der Waals surface area contributed by atoms with Gasteiger partial charge in [0.15, 0.2) is 17.3 Å². The molecule has 1 aliphatic rings. The molecule has 0 N–H and O–H groups in total. The number of methoxy groups -OCH3 is 1. The zero-order valence-electron chi connectivity index (χ0n) is 8.69. The van der Waals surface area contributed by atoms with Crippen LogP contribution in [0.5, 0.6) is 5.75 Å². The van der Waals surface area contributed by atoms with Crippen molar-refractivity contribution in [2.45, 2.75) is 0 Å². The maximum Gasteiger partial charge on any atom is 0.356 e. The molecule has 0 bridgehead atoms. The van der Waals surface area contributed by atoms with Gasteiger partial charge in [-0.1, -0.05) is 0 Å². The topological polar surface area (TPSA) is 51.7 Å². The van der Waals surface area contributed by atoms with Crippen LogP contribution in [0.1, 0.15) is 10.5 Å². The smallest absolute Gasteiger partial charge is 0.356 e. The quantitative estimate of drug-likeness (QED) is 0.636. The standard InChI is InChI=1S/C10H12N2O3/c1-12-5-6-15-8-4-3-7(10(13)14-2)11-9(8)12/h3-4H,5-6H2,1-2H3. The number of fused-ring (bicyclic) bond motifs is 1. The number of ether oxygens (including phenoxy) is 2. The van der Waals surface area contributed by atoms with Crippen LogP contribution in [0.4, 0.5) is 5.82 Å². The van der Waals surface area contributed by atoms with Gasteiger partial charge in [-0.3, -0.25) is 0 Å². The highest BCUT2D eigenvalue weighted by Crippen LogP contribution is 2.28. The molecule has 1 aromatic heterocycles. The Morgan fingerprint density at radius 1 is 1.60 bits per heavy atom. The largest absolute Gasteiger partial charge is 0.488 e. The SMILES string of the molecule is COC(=O)c1ccc2c(n1)N(C)CCO2. The van der Waals surface area contributed by atoms with Crippen molar-refractivity contribution in [3.8, 4) is 5.75 Å². The van der Waals surface area contributed by atoms with Crippen LogP contribution in [0, 0.1) is 0 Å². The average molecular weight is 208 g/mol. The summed E-state index contributed by atoms with van der Waals surface area (Å²) in [5.41, 5.74) is 0.300. The summed E-state index contributed by atoms with van der Waals surface area (Å²) in [6.45, 7) is 1.41. The number of anilines is 1. The molecule has 2 heterocycles. The normalized spacial score (nSPS) is 14.1. The van der Waals surface area contributed by atoms with Gasteiger partial charge in [0.1, 0.15) is 6.61 Å². The lowest BCUT2D eigenvalue weighted by molar-refractivity contribution is 0.0594. The zero-order chi connectivity index (χ0) is 10.8. The molecule has 0 radical (unpaired) electrons. The Balaban J connectivity index is 2.39. The summed E-state index contributed by atoms with van der Waals surface area (Å²) in [6.07, 6.45) is 0. The molecule has 0 aromatic carbocycles. The second kappa shape index (κ2) is 3.76. The Labute approximate surface area is 87.6 Å². The maximum atomic E-state index is 11.3. The fourth-order valence-electron chi connectivity index (χ4n) is 1.44. The molecule has 0 saturated heterocycles. The molecule has 0 spiro atoms. The second-order valence-electron chi connectivity index (χ2n) is 3.28. The first-order valence-electron chi connectivity index (χ1n) is 4.65. The predicted molar refractivity (Wildman–Crippen MR) is 54.3 cm³/mol. The van der Waals surface area contributed by atoms with E-state index in [9.17, 15) is 4.79 Å². The summed E-state index contributed by atoms with van der Waals surface area (Å²) < 4.78 is 10.0. The highest BCUT2D eigenvalue weighted by molar-refractivity contribution is 5.88. The van der Waals surface area contributed by atoms with Crippen LogP contribution in [0.3, 0.4) is 0 Å². The van der Waals surface area contributed by atoms with Gasteiger partial charge in [-0.25, -0.2) is 9.78 Å². The Kier molecular flexibility index (Phi) is 2.45. The molecule has 0 unspecified atom stereocenters. The van der Waals surface area contributed by atoms with Crippen molar-refractivity contribution >= 4 is 11.8 Å². The van der Waals surface area contributed by atoms with Gasteiger partial charge in [0.25, 0.3) is 0 Å². The van der Waals surface area contributed by atoms with Gasteiger partial charge in [0.2, 0.25) is 0 Å². The molecule has 80 valence electrons. The summed E-state index contributed by atoms with van der Waals surface area (Å²) in [5.74, 6) is 0.956. The first-order chi connectivity index (χ1) is 7.22. The minimum Gasteiger partial charge on any atom is -0.488 e. The van der Waals surface area contributed by atoms with E-state index in [0.29, 0.717) is 23.9 Å². The lowest BCUT2D eigenvalue weighted by Gasteiger charge is -2.26. The minimum absolute atomic E-state index is 0.300. The van der Waals surface area contributed by atoms with E-state index in [-0.39, 0.29) is 0 Å². The number of rotatable bonds is 1. The van der Waals surface area contributed by atoms with Crippen LogP contribution in [-0.4, -0.2) is 38.3 Å². The molecule has 0 atom stereocenters. The molecule has 2 rings (SSSR count). The van der Waals surface area contributed by atoms with Crippen molar-refractivity contribution in [2.75, 3.05) is 32.2 Å². The van der Waals surface area contributed by atoms with Crippen molar-refractivity contribution in [1.29, 1.82) is 0 Å². The lowest BCUT2D eigenvalue weighted by Crippen LogP contribution is -2.30. The van der Waals surface area contributed by atoms with E-state index in [1.165, 1.54) is 7.11 Å². The number of pyridine rings is 1. The van der Waals surface area contributed by atoms with Crippen LogP contribution in [0.15, 0.2) is 12.1 Å². The first kappa shape index (κ1) is 9.76. The first-order valence-corrected chi connectivity index (χ1v) is 4.65. The van der Waals surface area contributed by atoms with Crippen molar-refractivity contribution in [3.63, 3.8) is 0 Å². The molecule has 0 amide bonds. The number of carbonyl (C=O) groups excluding carboxylic acids is 1. The summed E-state index contributed by atoms with van der Waals surface area (Å²) in [6, 6.07) is 3.34. The van der Waals surface area contributed by atoms with Gasteiger partial charge in [0.05, 0.1) is 13.7 Å². The Bertz CT molecular complexity index is 392. The highest BCUT2D eigenvalue weighted by Gasteiger charge is 2.18. The van der Waals surface area contributed by atoms with E-state index < -0.39 is 5.97 Å². The molecule has 5 heteroatoms. The molecule has 15 heavy (non-hydrogen) atoms. The Morgan fingerprint density at radius 2 is 2.40 bits per heavy atom. The Morgan fingerprint density at radius 3 is 3.13 bits per heavy atom. The zero-order valence-corrected chi connectivity index (χ0v) is 8.69. The predicted octanol–water partition coefficient (Wildman–Crippen LogP) is 0.697. The lowest BCUT2D eigenvalue weighted by atomic mass is 10.3. The van der Waals surface area contributed by atoms with Crippen LogP contribution >= 0.6 is 0 Å². The van der Waals surface area contributed by atoms with E-state index >= 15 is 0 Å². The van der Waals surface area contributed by atoms with Gasteiger partial charge in [-0.05, 0) is 12.1 Å². The van der Waals surface area contributed by atoms with Gasteiger partial charge < -0.3 is 14.4 Å². The third-order valence-corrected chi connectivity index (χ3v) is 2.28. The number of carbonyl (C=O) groups is 1. The number of esters is 1. The third-order valence-electron chi connectivity index (χ3n) is 2.28. The fourth-order valence-corrected chi connectivity index (χ4v) is 1.44. The van der Waals surface area contributed by atoms with Crippen molar-refractivity contribution in [3.05, 3.63) is 17.8 Å². The summed E-state index contributed by atoms with van der Waals surface area (Å²) in [5, 5.41) is 0. The summed E-state index contributed by atoms with van der Waals surface area (Å²) in [7, 11) is 3.25. The van der Waals surface area contributed by atoms with Crippen LogP contribution in [-0.2, 0) is 4.74 Å². The van der Waals surface area contributed by atoms with Crippen LogP contribution in [0.25, 0.3) is 0 Å². The summed E-state index contributed by atoms with van der Waals surface area (Å²) in [4.78, 5) is 17.4. The third kappa shape index (κ3) is 1.72. The second-order valence-corrected chi connectivity index (χ2v) is 3.28. The van der Waals surface area contributed by atoms with Crippen molar-refractivity contribution in [1.82, 2.24) is 4.98 Å². The molecule has 0 saturated carbocycles. The van der Waals surface area contributed by atoms with E-state index in [1.54, 1.807) is 12.1 Å². The number of hydrogen-bond acceptors (Lipinski definition) is 5. The van der Waals surface area contributed by atoms with Crippen LogP contribution < -0.4 is 9.64 Å². The number of nitrogens with zero attached hydrogens (tertiary/aromatic N) is 2. The Hall–Kier alpha value is -1.78. The fraction of sp³-hybridized carbons (Fsp3) is 0.400. The molecule has 0 aliphatic carbocycles. The van der Waals surface area contributed by atoms with Gasteiger partial charge in [-0.2, -0.15) is 0 Å². The van der Waals surface area contributed by atoms with Crippen LogP contribution in [0.2, 0.25) is 0 Å². The molecular formula is C10H12N2O3. The van der Waals surface area contributed by atoms with Gasteiger partial charge in [0, 0.05) is 7.05 Å². The van der Waals surface area contributed by atoms with E-state index in [0.717, 1.165) is 6.54 Å². The van der Waals surface area contributed by atoms with E-state index in [1.807, 2.05) is 11.9 Å². The van der Waals surface area contributed by atoms with Crippen molar-refractivity contribution < 1.29 is 14.3 Å². The molecule has 1 aliphatic heterocycles.